The van der Waals surface area contributed by atoms with Gasteiger partial charge in [0, 0.05) is 52.8 Å². The van der Waals surface area contributed by atoms with E-state index in [-0.39, 0.29) is 60.4 Å². The number of nitro benzene ring substituents is 1. The normalized spacial score (nSPS) is 17.8. The van der Waals surface area contributed by atoms with E-state index in [4.69, 9.17) is 14.2 Å². The number of esters is 1. The van der Waals surface area contributed by atoms with Gasteiger partial charge in [-0.2, -0.15) is 0 Å². The van der Waals surface area contributed by atoms with Crippen LogP contribution in [0.2, 0.25) is 0 Å². The van der Waals surface area contributed by atoms with Gasteiger partial charge in [-0.3, -0.25) is 39.0 Å². The van der Waals surface area contributed by atoms with Gasteiger partial charge in [0.1, 0.15) is 18.1 Å². The Bertz CT molecular complexity index is 1970. The van der Waals surface area contributed by atoms with Crippen LogP contribution in [0.25, 0.3) is 0 Å². The summed E-state index contributed by atoms with van der Waals surface area (Å²) < 4.78 is 17.1. The number of non-ortho nitro benzene ring substituents is 1. The molecule has 0 aliphatic carbocycles. The fourth-order valence-electron chi connectivity index (χ4n) is 9.37. The molecule has 0 bridgehead atoms. The Hall–Kier alpha value is -5.46. The summed E-state index contributed by atoms with van der Waals surface area (Å²) in [6.45, 7) is 13.8. The summed E-state index contributed by atoms with van der Waals surface area (Å²) in [4.78, 5) is 99.5. The second-order valence-corrected chi connectivity index (χ2v) is 18.9. The molecule has 2 aromatic rings. The molecule has 18 heteroatoms. The molecule has 2 aromatic carbocycles. The summed E-state index contributed by atoms with van der Waals surface area (Å²) in [6, 6.07) is 10.0. The summed E-state index contributed by atoms with van der Waals surface area (Å²) in [7, 11) is 9.55. The van der Waals surface area contributed by atoms with Crippen molar-refractivity contribution in [2.24, 2.45) is 23.7 Å². The number of methoxy groups -OCH3 is 3. The molecule has 18 nitrogen and oxygen atoms in total. The Morgan fingerprint density at radius 1 is 0.779 bits per heavy atom. The van der Waals surface area contributed by atoms with Gasteiger partial charge in [0.15, 0.2) is 0 Å². The number of amides is 5. The number of nitrogens with one attached hydrogen (secondary N) is 3. The van der Waals surface area contributed by atoms with Crippen LogP contribution < -0.4 is 16.0 Å². The lowest BCUT2D eigenvalue weighted by Gasteiger charge is -2.41. The highest BCUT2D eigenvalue weighted by Gasteiger charge is 2.44. The Morgan fingerprint density at radius 2 is 1.37 bits per heavy atom. The van der Waals surface area contributed by atoms with E-state index in [1.165, 1.54) is 45.6 Å². The molecule has 68 heavy (non-hydrogen) atoms. The minimum atomic E-state index is -1.18. The van der Waals surface area contributed by atoms with Crippen molar-refractivity contribution in [1.29, 1.82) is 0 Å². The van der Waals surface area contributed by atoms with Crippen LogP contribution in [-0.2, 0) is 55.8 Å². The number of carbonyl (C=O) groups is 6. The van der Waals surface area contributed by atoms with Crippen molar-refractivity contribution in [2.45, 2.75) is 135 Å². The zero-order chi connectivity index (χ0) is 51.0. The van der Waals surface area contributed by atoms with E-state index in [0.29, 0.717) is 31.4 Å². The summed E-state index contributed by atoms with van der Waals surface area (Å²) in [5, 5.41) is 19.8. The average molecular weight is 952 g/mol. The number of ether oxygens (including phenoxy) is 3. The predicted molar refractivity (Wildman–Crippen MR) is 258 cm³/mol. The summed E-state index contributed by atoms with van der Waals surface area (Å²) >= 11 is 0. The topological polar surface area (TPSA) is 219 Å². The van der Waals surface area contributed by atoms with E-state index in [0.717, 1.165) is 5.56 Å². The number of benzene rings is 2. The van der Waals surface area contributed by atoms with E-state index < -0.39 is 77.1 Å². The van der Waals surface area contributed by atoms with Gasteiger partial charge >= 0.3 is 5.97 Å². The third-order valence-corrected chi connectivity index (χ3v) is 13.3. The van der Waals surface area contributed by atoms with Crippen LogP contribution in [0.1, 0.15) is 85.3 Å². The van der Waals surface area contributed by atoms with Crippen LogP contribution >= 0.6 is 0 Å². The standard InChI is InChI=1S/C50H77N7O11/c1-14-32(6)44(55(10)49(62)42(30(2)3)53-48(61)43(31(4)5)54(8)9)40(66-11)29-41(58)56-26-18-21-39(56)45(67-12)33(7)46(59)51-37(27-34-19-16-15-17-20-34)47(60)52-38(50(63)68-13)28-35-22-24-36(25-23-35)57(64)65/h15-17,19-20,22-25,30-33,37-40,42-45H,14,18,21,26-29H2,1-13H3,(H,51,59)(H,52,60)(H,53,61)/t32-,33+,37-,38-,39-,40+,42-,43-,44?,45+/m0/s1. The van der Waals surface area contributed by atoms with Gasteiger partial charge in [0.05, 0.1) is 54.7 Å². The van der Waals surface area contributed by atoms with Crippen molar-refractivity contribution in [1.82, 2.24) is 30.7 Å². The molecule has 10 atom stereocenters. The van der Waals surface area contributed by atoms with Crippen molar-refractivity contribution in [2.75, 3.05) is 49.0 Å². The molecule has 1 fully saturated rings. The molecule has 0 spiro atoms. The lowest BCUT2D eigenvalue weighted by atomic mass is 9.89. The second kappa shape index (κ2) is 26.9. The maximum atomic E-state index is 14.5. The number of likely N-dealkylation sites (tertiary alicyclic amines) is 1. The minimum Gasteiger partial charge on any atom is -0.467 e. The first-order chi connectivity index (χ1) is 32.1. The fourth-order valence-corrected chi connectivity index (χ4v) is 9.37. The van der Waals surface area contributed by atoms with Crippen LogP contribution in [0, 0.1) is 33.8 Å². The molecule has 378 valence electrons. The summed E-state index contributed by atoms with van der Waals surface area (Å²) in [5.74, 6) is -3.83. The van der Waals surface area contributed by atoms with Crippen molar-refractivity contribution in [3.05, 3.63) is 75.8 Å². The third-order valence-electron chi connectivity index (χ3n) is 13.3. The fraction of sp³-hybridized carbons (Fsp3) is 0.640. The molecule has 1 saturated heterocycles. The van der Waals surface area contributed by atoms with Gasteiger partial charge in [-0.1, -0.05) is 97.4 Å². The summed E-state index contributed by atoms with van der Waals surface area (Å²) in [5.41, 5.74) is 1.15. The van der Waals surface area contributed by atoms with Gasteiger partial charge in [-0.15, -0.1) is 0 Å². The van der Waals surface area contributed by atoms with Crippen LogP contribution in [0.5, 0.6) is 0 Å². The number of nitro groups is 1. The molecule has 0 radical (unpaired) electrons. The largest absolute Gasteiger partial charge is 0.467 e. The molecular weight excluding hydrogens is 875 g/mol. The van der Waals surface area contributed by atoms with E-state index >= 15 is 0 Å². The smallest absolute Gasteiger partial charge is 0.328 e. The zero-order valence-corrected chi connectivity index (χ0v) is 42.4. The molecule has 3 rings (SSSR count). The minimum absolute atomic E-state index is 0.00616. The second-order valence-electron chi connectivity index (χ2n) is 18.9. The van der Waals surface area contributed by atoms with Gasteiger partial charge in [-0.05, 0) is 55.8 Å². The van der Waals surface area contributed by atoms with Gasteiger partial charge < -0.3 is 40.0 Å². The van der Waals surface area contributed by atoms with Gasteiger partial charge in [0.25, 0.3) is 5.69 Å². The Labute approximate surface area is 402 Å². The lowest BCUT2D eigenvalue weighted by Crippen LogP contribution is -2.59. The first-order valence-electron chi connectivity index (χ1n) is 23.7. The van der Waals surface area contributed by atoms with Crippen molar-refractivity contribution in [3.8, 4) is 0 Å². The first-order valence-corrected chi connectivity index (χ1v) is 23.7. The van der Waals surface area contributed by atoms with Gasteiger partial charge in [-0.25, -0.2) is 4.79 Å². The number of hydrogen-bond acceptors (Lipinski definition) is 12. The molecule has 0 saturated carbocycles. The predicted octanol–water partition coefficient (Wildman–Crippen LogP) is 4.17. The molecule has 1 heterocycles. The van der Waals surface area contributed by atoms with E-state index in [2.05, 4.69) is 16.0 Å². The van der Waals surface area contributed by atoms with Gasteiger partial charge in [0.2, 0.25) is 29.5 Å². The molecular formula is C50H77N7O11. The van der Waals surface area contributed by atoms with Crippen LogP contribution in [0.4, 0.5) is 5.69 Å². The molecule has 1 aliphatic heterocycles. The Balaban J connectivity index is 1.85. The quantitative estimate of drug-likeness (QED) is 0.0688. The number of carbonyl (C=O) groups excluding carboxylic acids is 6. The maximum absolute atomic E-state index is 14.5. The maximum Gasteiger partial charge on any atom is 0.328 e. The average Bonchev–Trinajstić information content (AvgIpc) is 3.79. The van der Waals surface area contributed by atoms with Crippen molar-refractivity contribution >= 4 is 41.2 Å². The highest BCUT2D eigenvalue weighted by atomic mass is 16.6. The number of rotatable bonds is 26. The highest BCUT2D eigenvalue weighted by Crippen LogP contribution is 2.30. The van der Waals surface area contributed by atoms with Crippen molar-refractivity contribution in [3.63, 3.8) is 0 Å². The van der Waals surface area contributed by atoms with Crippen LogP contribution in [-0.4, -0.2) is 153 Å². The van der Waals surface area contributed by atoms with E-state index in [1.54, 1.807) is 35.9 Å². The molecule has 1 unspecified atom stereocenters. The Morgan fingerprint density at radius 3 is 1.88 bits per heavy atom. The van der Waals surface area contributed by atoms with Crippen LogP contribution in [0.3, 0.4) is 0 Å². The van der Waals surface area contributed by atoms with E-state index in [1.807, 2.05) is 78.7 Å². The van der Waals surface area contributed by atoms with Crippen LogP contribution in [0.15, 0.2) is 54.6 Å². The molecule has 3 N–H and O–H groups in total. The molecule has 1 aliphatic rings. The molecule has 0 aromatic heterocycles. The highest BCUT2D eigenvalue weighted by molar-refractivity contribution is 5.92. The zero-order valence-electron chi connectivity index (χ0n) is 42.4. The monoisotopic (exact) mass is 952 g/mol. The third kappa shape index (κ3) is 15.3. The SMILES string of the molecule is CC[C@H](C)C([C@@H](CC(=O)N1CCC[C@H]1[C@H](OC)[C@@H](C)C(=O)N[C@@H](Cc1ccccc1)C(=O)N[C@@H](Cc1ccc([N+](=O)[O-])cc1)C(=O)OC)OC)N(C)C(=O)[C@@H](NC(=O)[C@H](C(C)C)N(C)C)C(C)C. The number of hydrogen-bond donors (Lipinski definition) is 3. The number of likely N-dealkylation sites (N-methyl/N-ethyl adjacent to an activating group) is 2. The summed E-state index contributed by atoms with van der Waals surface area (Å²) in [6.07, 6.45) is 0.367. The Kier molecular flexibility index (Phi) is 22.5. The first kappa shape index (κ1) is 56.9. The number of nitrogens with zero attached hydrogens (tertiary/aromatic N) is 4. The van der Waals surface area contributed by atoms with Crippen molar-refractivity contribution < 1.29 is 47.9 Å². The molecule has 5 amide bonds. The lowest BCUT2D eigenvalue weighted by molar-refractivity contribution is -0.384. The van der Waals surface area contributed by atoms with E-state index in [9.17, 15) is 38.9 Å².